The highest BCUT2D eigenvalue weighted by atomic mass is 16.5. The Hall–Kier alpha value is -1.20. The average Bonchev–Trinajstić information content (AvgIpc) is 2.30. The van der Waals surface area contributed by atoms with Gasteiger partial charge in [-0.25, -0.2) is 4.79 Å². The standard InChI is InChI=1S/C13H23N3O2/c1-11(2)18-10-4-6-14-7-9-16-8-5-12(3)15-13(16)17/h5,8,11,14H,4,6-7,9-10H2,1-3H3. The summed E-state index contributed by atoms with van der Waals surface area (Å²) in [6.07, 6.45) is 3.06. The van der Waals surface area contributed by atoms with E-state index >= 15 is 0 Å². The number of aromatic nitrogens is 2. The molecule has 5 nitrogen and oxygen atoms in total. The summed E-state index contributed by atoms with van der Waals surface area (Å²) in [6.45, 7) is 8.98. The van der Waals surface area contributed by atoms with Crippen LogP contribution in [0.3, 0.4) is 0 Å². The molecule has 1 rings (SSSR count). The number of ether oxygens (including phenoxy) is 1. The topological polar surface area (TPSA) is 56.2 Å². The quantitative estimate of drug-likeness (QED) is 0.701. The Morgan fingerprint density at radius 1 is 1.44 bits per heavy atom. The maximum absolute atomic E-state index is 11.5. The predicted octanol–water partition coefficient (Wildman–Crippen LogP) is 0.956. The zero-order valence-corrected chi connectivity index (χ0v) is 11.5. The maximum atomic E-state index is 11.5. The van der Waals surface area contributed by atoms with Crippen molar-refractivity contribution in [1.29, 1.82) is 0 Å². The Morgan fingerprint density at radius 2 is 2.22 bits per heavy atom. The summed E-state index contributed by atoms with van der Waals surface area (Å²) in [4.78, 5) is 15.4. The molecule has 0 atom stereocenters. The van der Waals surface area contributed by atoms with E-state index in [0.29, 0.717) is 12.6 Å². The lowest BCUT2D eigenvalue weighted by molar-refractivity contribution is 0.0771. The molecule has 1 N–H and O–H groups in total. The molecule has 0 aliphatic carbocycles. The van der Waals surface area contributed by atoms with Gasteiger partial charge in [0.15, 0.2) is 0 Å². The van der Waals surface area contributed by atoms with E-state index in [2.05, 4.69) is 10.3 Å². The van der Waals surface area contributed by atoms with Crippen molar-refractivity contribution >= 4 is 0 Å². The molecule has 1 aromatic heterocycles. The van der Waals surface area contributed by atoms with Crippen LogP contribution in [-0.2, 0) is 11.3 Å². The van der Waals surface area contributed by atoms with Crippen molar-refractivity contribution in [2.75, 3.05) is 19.7 Å². The van der Waals surface area contributed by atoms with Gasteiger partial charge in [-0.1, -0.05) is 0 Å². The fourth-order valence-corrected chi connectivity index (χ4v) is 1.52. The molecule has 0 unspecified atom stereocenters. The molecule has 0 fully saturated rings. The first kappa shape index (κ1) is 14.9. The lowest BCUT2D eigenvalue weighted by atomic mass is 10.4. The van der Waals surface area contributed by atoms with Gasteiger partial charge in [-0.2, -0.15) is 4.98 Å². The van der Waals surface area contributed by atoms with Crippen LogP contribution in [0.1, 0.15) is 26.0 Å². The van der Waals surface area contributed by atoms with E-state index < -0.39 is 0 Å². The van der Waals surface area contributed by atoms with Crippen LogP contribution in [0.15, 0.2) is 17.1 Å². The highest BCUT2D eigenvalue weighted by molar-refractivity contribution is 4.95. The fourth-order valence-electron chi connectivity index (χ4n) is 1.52. The number of rotatable bonds is 8. The van der Waals surface area contributed by atoms with E-state index in [1.54, 1.807) is 10.8 Å². The summed E-state index contributed by atoms with van der Waals surface area (Å²) in [6, 6.07) is 1.85. The number of aryl methyl sites for hydroxylation is 1. The Balaban J connectivity index is 2.13. The number of nitrogens with one attached hydrogen (secondary N) is 1. The zero-order chi connectivity index (χ0) is 13.4. The fraction of sp³-hybridized carbons (Fsp3) is 0.692. The van der Waals surface area contributed by atoms with Crippen LogP contribution in [0, 0.1) is 6.92 Å². The molecular weight excluding hydrogens is 230 g/mol. The summed E-state index contributed by atoms with van der Waals surface area (Å²) < 4.78 is 7.05. The highest BCUT2D eigenvalue weighted by Crippen LogP contribution is 1.89. The second kappa shape index (κ2) is 8.00. The molecule has 0 saturated heterocycles. The highest BCUT2D eigenvalue weighted by Gasteiger charge is 1.97. The molecule has 1 heterocycles. The Labute approximate surface area is 108 Å². The predicted molar refractivity (Wildman–Crippen MR) is 71.8 cm³/mol. The first-order chi connectivity index (χ1) is 8.59. The van der Waals surface area contributed by atoms with Crippen LogP contribution in [0.5, 0.6) is 0 Å². The van der Waals surface area contributed by atoms with Gasteiger partial charge in [0.1, 0.15) is 0 Å². The molecule has 0 aliphatic heterocycles. The van der Waals surface area contributed by atoms with Crippen LogP contribution in [0.25, 0.3) is 0 Å². The van der Waals surface area contributed by atoms with Gasteiger partial charge >= 0.3 is 5.69 Å². The number of nitrogens with zero attached hydrogens (tertiary/aromatic N) is 2. The first-order valence-corrected chi connectivity index (χ1v) is 6.46. The Kier molecular flexibility index (Phi) is 6.60. The van der Waals surface area contributed by atoms with Crippen molar-refractivity contribution in [1.82, 2.24) is 14.9 Å². The second-order valence-corrected chi connectivity index (χ2v) is 4.57. The van der Waals surface area contributed by atoms with E-state index in [-0.39, 0.29) is 5.69 Å². The minimum Gasteiger partial charge on any atom is -0.379 e. The van der Waals surface area contributed by atoms with Gasteiger partial charge in [0.25, 0.3) is 0 Å². The van der Waals surface area contributed by atoms with Crippen molar-refractivity contribution < 1.29 is 4.74 Å². The van der Waals surface area contributed by atoms with Crippen LogP contribution in [-0.4, -0.2) is 35.4 Å². The van der Waals surface area contributed by atoms with Gasteiger partial charge in [-0.15, -0.1) is 0 Å². The summed E-state index contributed by atoms with van der Waals surface area (Å²) >= 11 is 0. The molecule has 0 spiro atoms. The SMILES string of the molecule is Cc1ccn(CCNCCCOC(C)C)c(=O)n1. The summed E-state index contributed by atoms with van der Waals surface area (Å²) in [7, 11) is 0. The van der Waals surface area contributed by atoms with Crippen molar-refractivity contribution in [3.8, 4) is 0 Å². The number of hydrogen-bond donors (Lipinski definition) is 1. The van der Waals surface area contributed by atoms with Gasteiger partial charge in [0.05, 0.1) is 6.10 Å². The molecule has 18 heavy (non-hydrogen) atoms. The lowest BCUT2D eigenvalue weighted by Gasteiger charge is -2.09. The van der Waals surface area contributed by atoms with Crippen LogP contribution in [0.4, 0.5) is 0 Å². The van der Waals surface area contributed by atoms with E-state index in [4.69, 9.17) is 4.74 Å². The molecule has 0 aliphatic rings. The van der Waals surface area contributed by atoms with E-state index in [1.807, 2.05) is 26.8 Å². The molecule has 102 valence electrons. The molecule has 1 aromatic rings. The second-order valence-electron chi connectivity index (χ2n) is 4.57. The summed E-state index contributed by atoms with van der Waals surface area (Å²) in [5.41, 5.74) is 0.579. The monoisotopic (exact) mass is 253 g/mol. The van der Waals surface area contributed by atoms with Crippen molar-refractivity contribution in [3.63, 3.8) is 0 Å². The smallest absolute Gasteiger partial charge is 0.347 e. The van der Waals surface area contributed by atoms with Crippen LogP contribution in [0.2, 0.25) is 0 Å². The molecular formula is C13H23N3O2. The molecule has 0 aromatic carbocycles. The van der Waals surface area contributed by atoms with E-state index in [0.717, 1.165) is 31.8 Å². The third-order valence-corrected chi connectivity index (χ3v) is 2.49. The van der Waals surface area contributed by atoms with Gasteiger partial charge in [-0.3, -0.25) is 4.57 Å². The molecule has 0 amide bonds. The van der Waals surface area contributed by atoms with Gasteiger partial charge in [0, 0.05) is 31.6 Å². The third-order valence-electron chi connectivity index (χ3n) is 2.49. The molecule has 5 heteroatoms. The summed E-state index contributed by atoms with van der Waals surface area (Å²) in [5.74, 6) is 0. The zero-order valence-electron chi connectivity index (χ0n) is 11.5. The van der Waals surface area contributed by atoms with Crippen molar-refractivity contribution in [2.45, 2.75) is 39.8 Å². The molecule has 0 bridgehead atoms. The van der Waals surface area contributed by atoms with E-state index in [1.165, 1.54) is 0 Å². The first-order valence-electron chi connectivity index (χ1n) is 6.46. The van der Waals surface area contributed by atoms with Crippen molar-refractivity contribution in [2.24, 2.45) is 0 Å². The van der Waals surface area contributed by atoms with E-state index in [9.17, 15) is 4.79 Å². The third kappa shape index (κ3) is 5.93. The minimum atomic E-state index is -0.181. The average molecular weight is 253 g/mol. The Bertz CT molecular complexity index is 401. The summed E-state index contributed by atoms with van der Waals surface area (Å²) in [5, 5.41) is 3.28. The van der Waals surface area contributed by atoms with Gasteiger partial charge < -0.3 is 10.1 Å². The Morgan fingerprint density at radius 3 is 2.89 bits per heavy atom. The van der Waals surface area contributed by atoms with Crippen molar-refractivity contribution in [3.05, 3.63) is 28.4 Å². The van der Waals surface area contributed by atoms with Crippen LogP contribution < -0.4 is 11.0 Å². The van der Waals surface area contributed by atoms with Crippen LogP contribution >= 0.6 is 0 Å². The lowest BCUT2D eigenvalue weighted by Crippen LogP contribution is -2.29. The molecule has 0 saturated carbocycles. The number of hydrogen-bond acceptors (Lipinski definition) is 4. The minimum absolute atomic E-state index is 0.181. The largest absolute Gasteiger partial charge is 0.379 e. The molecule has 0 radical (unpaired) electrons. The van der Waals surface area contributed by atoms with Gasteiger partial charge in [-0.05, 0) is 39.8 Å². The van der Waals surface area contributed by atoms with Gasteiger partial charge in [0.2, 0.25) is 0 Å². The maximum Gasteiger partial charge on any atom is 0.347 e. The normalized spacial score (nSPS) is 11.1.